The molecule has 1 fully saturated rings. The van der Waals surface area contributed by atoms with Gasteiger partial charge in [-0.25, -0.2) is 8.42 Å². The Labute approximate surface area is 126 Å². The summed E-state index contributed by atoms with van der Waals surface area (Å²) in [5.74, 6) is 0.718. The van der Waals surface area contributed by atoms with Crippen LogP contribution in [-0.2, 0) is 14.6 Å². The molecule has 2 rings (SSSR count). The molecule has 1 saturated carbocycles. The molecule has 5 heteroatoms. The lowest BCUT2D eigenvalue weighted by Crippen LogP contribution is -2.23. The van der Waals surface area contributed by atoms with Crippen molar-refractivity contribution >= 4 is 9.84 Å². The highest BCUT2D eigenvalue weighted by molar-refractivity contribution is 7.91. The maximum absolute atomic E-state index is 12.2. The molecule has 0 saturated heterocycles. The minimum atomic E-state index is -3.38. The van der Waals surface area contributed by atoms with Crippen LogP contribution >= 0.6 is 0 Å². The van der Waals surface area contributed by atoms with E-state index in [2.05, 4.69) is 6.92 Å². The number of nitrogens with zero attached hydrogens (tertiary/aromatic N) is 1. The number of sulfone groups is 1. The summed E-state index contributed by atoms with van der Waals surface area (Å²) in [6.45, 7) is 2.46. The van der Waals surface area contributed by atoms with Crippen LogP contribution in [0.4, 0.5) is 0 Å². The molecular formula is C16H21NO3S. The third-order valence-electron chi connectivity index (χ3n) is 3.99. The zero-order chi connectivity index (χ0) is 15.3. The Morgan fingerprint density at radius 2 is 2.00 bits per heavy atom. The Morgan fingerprint density at radius 3 is 2.67 bits per heavy atom. The van der Waals surface area contributed by atoms with E-state index in [4.69, 9.17) is 10.00 Å². The number of nitriles is 1. The topological polar surface area (TPSA) is 67.2 Å². The van der Waals surface area contributed by atoms with Gasteiger partial charge >= 0.3 is 0 Å². The minimum absolute atomic E-state index is 0.0338. The zero-order valence-electron chi connectivity index (χ0n) is 12.3. The molecule has 114 valence electrons. The van der Waals surface area contributed by atoms with Crippen LogP contribution in [0.3, 0.4) is 0 Å². The van der Waals surface area contributed by atoms with Crippen LogP contribution in [0, 0.1) is 17.2 Å². The lowest BCUT2D eigenvalue weighted by Gasteiger charge is -2.26. The Balaban J connectivity index is 1.88. The van der Waals surface area contributed by atoms with Crippen LogP contribution in [0.2, 0.25) is 0 Å². The van der Waals surface area contributed by atoms with Gasteiger partial charge in [-0.15, -0.1) is 0 Å². The number of ether oxygens (including phenoxy) is 1. The van der Waals surface area contributed by atoms with Gasteiger partial charge in [-0.1, -0.05) is 13.0 Å². The van der Waals surface area contributed by atoms with Gasteiger partial charge in [0.05, 0.1) is 35.0 Å². The number of rotatable bonds is 5. The minimum Gasteiger partial charge on any atom is -0.377 e. The molecule has 1 aromatic rings. The summed E-state index contributed by atoms with van der Waals surface area (Å²) in [6.07, 6.45) is 4.54. The molecule has 0 atom stereocenters. The van der Waals surface area contributed by atoms with Crippen molar-refractivity contribution in [2.75, 3.05) is 12.4 Å². The molecule has 0 spiro atoms. The van der Waals surface area contributed by atoms with Crippen molar-refractivity contribution < 1.29 is 13.2 Å². The largest absolute Gasteiger partial charge is 0.377 e. The van der Waals surface area contributed by atoms with Crippen LogP contribution in [0.25, 0.3) is 0 Å². The second-order valence-electron chi connectivity index (χ2n) is 5.71. The predicted molar refractivity (Wildman–Crippen MR) is 80.6 cm³/mol. The first-order valence-electron chi connectivity index (χ1n) is 7.36. The van der Waals surface area contributed by atoms with Crippen molar-refractivity contribution in [2.45, 2.75) is 43.6 Å². The average Bonchev–Trinajstić information content (AvgIpc) is 2.49. The highest BCUT2D eigenvalue weighted by Gasteiger charge is 2.20. The zero-order valence-corrected chi connectivity index (χ0v) is 13.1. The van der Waals surface area contributed by atoms with E-state index >= 15 is 0 Å². The standard InChI is InChI=1S/C16H21NO3S/c1-13-5-7-15(8-6-13)20-9-10-21(18,19)16-4-2-3-14(11-16)12-17/h2-4,11,13,15H,5-10H2,1H3. The van der Waals surface area contributed by atoms with Gasteiger partial charge in [0.25, 0.3) is 0 Å². The summed E-state index contributed by atoms with van der Waals surface area (Å²) < 4.78 is 30.1. The number of benzene rings is 1. The SMILES string of the molecule is CC1CCC(OCCS(=O)(=O)c2cccc(C#N)c2)CC1. The Bertz CT molecular complexity index is 611. The van der Waals surface area contributed by atoms with E-state index in [1.54, 1.807) is 12.1 Å². The van der Waals surface area contributed by atoms with Gasteiger partial charge in [-0.3, -0.25) is 0 Å². The van der Waals surface area contributed by atoms with E-state index < -0.39 is 9.84 Å². The molecule has 0 unspecified atom stereocenters. The van der Waals surface area contributed by atoms with Crippen molar-refractivity contribution in [2.24, 2.45) is 5.92 Å². The summed E-state index contributed by atoms with van der Waals surface area (Å²) in [7, 11) is -3.38. The summed E-state index contributed by atoms with van der Waals surface area (Å²) in [6, 6.07) is 8.08. The molecule has 0 bridgehead atoms. The molecule has 0 N–H and O–H groups in total. The normalized spacial score (nSPS) is 22.7. The van der Waals surface area contributed by atoms with Crippen LogP contribution in [0.1, 0.15) is 38.2 Å². The van der Waals surface area contributed by atoms with Gasteiger partial charge in [-0.2, -0.15) is 5.26 Å². The fourth-order valence-corrected chi connectivity index (χ4v) is 3.74. The van der Waals surface area contributed by atoms with Crippen molar-refractivity contribution in [3.8, 4) is 6.07 Å². The molecule has 21 heavy (non-hydrogen) atoms. The quantitative estimate of drug-likeness (QED) is 0.839. The molecule has 1 aliphatic rings. The fourth-order valence-electron chi connectivity index (χ4n) is 2.60. The predicted octanol–water partition coefficient (Wildman–Crippen LogP) is 2.93. The highest BCUT2D eigenvalue weighted by atomic mass is 32.2. The smallest absolute Gasteiger partial charge is 0.180 e. The maximum atomic E-state index is 12.2. The lowest BCUT2D eigenvalue weighted by atomic mass is 9.89. The van der Waals surface area contributed by atoms with Crippen molar-refractivity contribution in [1.29, 1.82) is 5.26 Å². The van der Waals surface area contributed by atoms with Crippen molar-refractivity contribution in [3.05, 3.63) is 29.8 Å². The molecule has 1 aromatic carbocycles. The third kappa shape index (κ3) is 4.55. The first-order valence-corrected chi connectivity index (χ1v) is 9.01. The Hall–Kier alpha value is -1.38. The maximum Gasteiger partial charge on any atom is 0.180 e. The highest BCUT2D eigenvalue weighted by Crippen LogP contribution is 2.25. The molecule has 1 aliphatic carbocycles. The van der Waals surface area contributed by atoms with E-state index in [0.29, 0.717) is 5.56 Å². The van der Waals surface area contributed by atoms with Crippen LogP contribution in [0.5, 0.6) is 0 Å². The Morgan fingerprint density at radius 1 is 1.29 bits per heavy atom. The van der Waals surface area contributed by atoms with Gasteiger partial charge in [0, 0.05) is 0 Å². The van der Waals surface area contributed by atoms with Crippen molar-refractivity contribution in [3.63, 3.8) is 0 Å². The number of hydrogen-bond acceptors (Lipinski definition) is 4. The molecule has 0 aromatic heterocycles. The summed E-state index contributed by atoms with van der Waals surface area (Å²) in [4.78, 5) is 0.197. The molecule has 4 nitrogen and oxygen atoms in total. The van der Waals surface area contributed by atoms with Crippen LogP contribution in [0.15, 0.2) is 29.2 Å². The first kappa shape index (κ1) is 16.0. The second-order valence-corrected chi connectivity index (χ2v) is 7.82. The monoisotopic (exact) mass is 307 g/mol. The first-order chi connectivity index (χ1) is 10.0. The number of hydrogen-bond donors (Lipinski definition) is 0. The summed E-state index contributed by atoms with van der Waals surface area (Å²) in [5, 5.41) is 8.83. The van der Waals surface area contributed by atoms with E-state index in [0.717, 1.165) is 31.6 Å². The molecule has 0 aliphatic heterocycles. The van der Waals surface area contributed by atoms with Gasteiger partial charge in [0.2, 0.25) is 0 Å². The van der Waals surface area contributed by atoms with Crippen LogP contribution in [-0.4, -0.2) is 26.9 Å². The van der Waals surface area contributed by atoms with Crippen molar-refractivity contribution in [1.82, 2.24) is 0 Å². The van der Waals surface area contributed by atoms with E-state index in [-0.39, 0.29) is 23.4 Å². The van der Waals surface area contributed by atoms with Crippen LogP contribution < -0.4 is 0 Å². The van der Waals surface area contributed by atoms with E-state index in [1.165, 1.54) is 12.1 Å². The second kappa shape index (κ2) is 7.06. The lowest BCUT2D eigenvalue weighted by molar-refractivity contribution is 0.0286. The van der Waals surface area contributed by atoms with Gasteiger partial charge < -0.3 is 4.74 Å². The summed E-state index contributed by atoms with van der Waals surface area (Å²) in [5.41, 5.74) is 0.360. The molecule has 0 radical (unpaired) electrons. The van der Waals surface area contributed by atoms with Gasteiger partial charge in [-0.05, 0) is 49.8 Å². The van der Waals surface area contributed by atoms with Gasteiger partial charge in [0.15, 0.2) is 9.84 Å². The van der Waals surface area contributed by atoms with E-state index in [9.17, 15) is 8.42 Å². The average molecular weight is 307 g/mol. The molecule has 0 amide bonds. The van der Waals surface area contributed by atoms with Gasteiger partial charge in [0.1, 0.15) is 0 Å². The Kier molecular flexibility index (Phi) is 5.38. The van der Waals surface area contributed by atoms with E-state index in [1.807, 2.05) is 6.07 Å². The molecular weight excluding hydrogens is 286 g/mol. The summed E-state index contributed by atoms with van der Waals surface area (Å²) >= 11 is 0. The fraction of sp³-hybridized carbons (Fsp3) is 0.562. The third-order valence-corrected chi connectivity index (χ3v) is 5.67. The molecule has 0 heterocycles.